The second kappa shape index (κ2) is 12.4. The number of hydrogen-bond acceptors (Lipinski definition) is 5. The minimum Gasteiger partial charge on any atom is -0.507 e. The fourth-order valence-electron chi connectivity index (χ4n) is 3.62. The minimum atomic E-state index is -0.676. The number of aliphatic hydroxyl groups is 1. The topological polar surface area (TPSA) is 95.9 Å². The number of amides is 1. The molecule has 176 valence electrons. The molecule has 3 atom stereocenters. The van der Waals surface area contributed by atoms with Crippen molar-refractivity contribution in [2.45, 2.75) is 44.8 Å². The van der Waals surface area contributed by atoms with Gasteiger partial charge in [-0.15, -0.1) is 0 Å². The van der Waals surface area contributed by atoms with Gasteiger partial charge in [0.25, 0.3) is 5.91 Å². The van der Waals surface area contributed by atoms with Gasteiger partial charge in [-0.05, 0) is 42.5 Å². The Bertz CT molecular complexity index is 1110. The molecule has 2 aromatic carbocycles. The Balaban J connectivity index is 1.68. The summed E-state index contributed by atoms with van der Waals surface area (Å²) in [5, 5.41) is 23.4. The lowest BCUT2D eigenvalue weighted by atomic mass is 9.93. The zero-order chi connectivity index (χ0) is 24.3. The van der Waals surface area contributed by atoms with Gasteiger partial charge in [0.15, 0.2) is 0 Å². The predicted molar refractivity (Wildman–Crippen MR) is 130 cm³/mol. The van der Waals surface area contributed by atoms with Crippen LogP contribution in [0.3, 0.4) is 0 Å². The van der Waals surface area contributed by atoms with Crippen LogP contribution in [-0.2, 0) is 16.0 Å². The fourth-order valence-corrected chi connectivity index (χ4v) is 3.62. The largest absolute Gasteiger partial charge is 0.507 e. The van der Waals surface area contributed by atoms with Gasteiger partial charge >= 0.3 is 5.97 Å². The first-order valence-corrected chi connectivity index (χ1v) is 11.3. The van der Waals surface area contributed by atoms with Crippen LogP contribution in [0.15, 0.2) is 73.0 Å². The highest BCUT2D eigenvalue weighted by Crippen LogP contribution is 2.26. The number of esters is 1. The number of cyclic esters (lactones) is 1. The van der Waals surface area contributed by atoms with E-state index in [1.54, 1.807) is 18.2 Å². The van der Waals surface area contributed by atoms with Gasteiger partial charge in [-0.3, -0.25) is 4.79 Å². The Labute approximate surface area is 200 Å². The second-order valence-corrected chi connectivity index (χ2v) is 8.26. The van der Waals surface area contributed by atoms with E-state index >= 15 is 0 Å². The Morgan fingerprint density at radius 2 is 1.97 bits per heavy atom. The third-order valence-electron chi connectivity index (χ3n) is 5.61. The number of carbonyl (C=O) groups is 2. The molecule has 34 heavy (non-hydrogen) atoms. The molecule has 0 spiro atoms. The van der Waals surface area contributed by atoms with Gasteiger partial charge in [0, 0.05) is 30.5 Å². The molecule has 0 saturated heterocycles. The van der Waals surface area contributed by atoms with Crippen molar-refractivity contribution in [2.75, 3.05) is 0 Å². The molecule has 1 aliphatic heterocycles. The smallest absolute Gasteiger partial charge is 0.342 e. The molecule has 1 aliphatic rings. The lowest BCUT2D eigenvalue weighted by Crippen LogP contribution is -2.28. The normalized spacial score (nSPS) is 21.7. The summed E-state index contributed by atoms with van der Waals surface area (Å²) in [6.45, 7) is 1.95. The molecule has 0 radical (unpaired) electrons. The molecule has 3 N–H and O–H groups in total. The Morgan fingerprint density at radius 3 is 2.76 bits per heavy atom. The number of benzene rings is 2. The second-order valence-electron chi connectivity index (χ2n) is 8.26. The van der Waals surface area contributed by atoms with Gasteiger partial charge in [-0.25, -0.2) is 4.79 Å². The Morgan fingerprint density at radius 1 is 1.18 bits per heavy atom. The van der Waals surface area contributed by atoms with E-state index in [-0.39, 0.29) is 30.1 Å². The van der Waals surface area contributed by atoms with Crippen molar-refractivity contribution in [3.8, 4) is 17.6 Å². The highest BCUT2D eigenvalue weighted by atomic mass is 16.5. The summed E-state index contributed by atoms with van der Waals surface area (Å²) in [5.41, 5.74) is 1.55. The van der Waals surface area contributed by atoms with Crippen LogP contribution >= 0.6 is 0 Å². The van der Waals surface area contributed by atoms with Crippen molar-refractivity contribution in [3.63, 3.8) is 0 Å². The first-order chi connectivity index (χ1) is 16.4. The number of nitrogens with one attached hydrogen (secondary N) is 1. The molecule has 2 aromatic rings. The van der Waals surface area contributed by atoms with Crippen molar-refractivity contribution < 1.29 is 24.5 Å². The van der Waals surface area contributed by atoms with Gasteiger partial charge < -0.3 is 20.3 Å². The van der Waals surface area contributed by atoms with Crippen LogP contribution in [0.2, 0.25) is 0 Å². The van der Waals surface area contributed by atoms with Crippen molar-refractivity contribution in [1.29, 1.82) is 0 Å². The fraction of sp³-hybridized carbons (Fsp3) is 0.286. The highest BCUT2D eigenvalue weighted by Gasteiger charge is 2.25. The first-order valence-electron chi connectivity index (χ1n) is 11.3. The maximum atomic E-state index is 12.9. The molecular weight excluding hydrogens is 430 g/mol. The first kappa shape index (κ1) is 24.8. The van der Waals surface area contributed by atoms with Crippen LogP contribution in [0, 0.1) is 17.8 Å². The van der Waals surface area contributed by atoms with E-state index in [1.807, 2.05) is 49.4 Å². The predicted octanol–water partition coefficient (Wildman–Crippen LogP) is 3.88. The van der Waals surface area contributed by atoms with Crippen LogP contribution in [0.1, 0.15) is 47.7 Å². The highest BCUT2D eigenvalue weighted by molar-refractivity contribution is 5.95. The third kappa shape index (κ3) is 7.36. The molecule has 1 heterocycles. The van der Waals surface area contributed by atoms with Crippen molar-refractivity contribution in [3.05, 3.63) is 89.6 Å². The van der Waals surface area contributed by atoms with Gasteiger partial charge in [0.05, 0.1) is 6.10 Å². The number of rotatable bonds is 3. The van der Waals surface area contributed by atoms with Gasteiger partial charge in [-0.2, -0.15) is 0 Å². The zero-order valence-corrected chi connectivity index (χ0v) is 19.1. The number of carbonyl (C=O) groups excluding carboxylic acids is 2. The van der Waals surface area contributed by atoms with Crippen LogP contribution in [0.25, 0.3) is 0 Å². The summed E-state index contributed by atoms with van der Waals surface area (Å²) in [4.78, 5) is 24.9. The van der Waals surface area contributed by atoms with E-state index < -0.39 is 24.1 Å². The summed E-state index contributed by atoms with van der Waals surface area (Å²) >= 11 is 0. The standard InChI is InChI=1S/C28H29NO5/c1-20-9-5-6-12-22-13-7-15-24(30)27(22)28(33)34-23(19-25(20)31)14-8-18-29-26(32)17-16-21-10-3-2-4-11-21/h2-8,10-11,13,15,18,20,23,25,30-31H,9,12,14,19H2,1H3,(H,29,32)/b6-5+,18-8+. The van der Waals surface area contributed by atoms with E-state index in [0.717, 1.165) is 5.56 Å². The lowest BCUT2D eigenvalue weighted by Gasteiger charge is -2.24. The molecule has 3 unspecified atom stereocenters. The van der Waals surface area contributed by atoms with Gasteiger partial charge in [0.1, 0.15) is 17.4 Å². The molecule has 6 nitrogen and oxygen atoms in total. The molecule has 1 amide bonds. The van der Waals surface area contributed by atoms with Crippen molar-refractivity contribution in [2.24, 2.45) is 5.92 Å². The van der Waals surface area contributed by atoms with Crippen LogP contribution in [0.5, 0.6) is 5.75 Å². The number of phenolic OH excluding ortho intramolecular Hbond substituents is 1. The van der Waals surface area contributed by atoms with Crippen LogP contribution in [-0.4, -0.2) is 34.3 Å². The number of fused-ring (bicyclic) bond motifs is 1. The van der Waals surface area contributed by atoms with Crippen molar-refractivity contribution in [1.82, 2.24) is 5.32 Å². The molecular formula is C28H29NO5. The molecule has 6 heteroatoms. The van der Waals surface area contributed by atoms with E-state index in [2.05, 4.69) is 17.2 Å². The summed E-state index contributed by atoms with van der Waals surface area (Å²) in [5.74, 6) is 4.03. The van der Waals surface area contributed by atoms with Gasteiger partial charge in [0.2, 0.25) is 0 Å². The van der Waals surface area contributed by atoms with Crippen LogP contribution in [0.4, 0.5) is 0 Å². The number of allylic oxidation sites excluding steroid dienone is 2. The summed E-state index contributed by atoms with van der Waals surface area (Å²) < 4.78 is 5.69. The number of hydrogen-bond donors (Lipinski definition) is 3. The van der Waals surface area contributed by atoms with E-state index in [1.165, 1.54) is 12.3 Å². The Hall–Kier alpha value is -3.82. The quantitative estimate of drug-likeness (QED) is 0.368. The maximum Gasteiger partial charge on any atom is 0.342 e. The minimum absolute atomic E-state index is 0.0162. The van der Waals surface area contributed by atoms with E-state index in [0.29, 0.717) is 18.4 Å². The average Bonchev–Trinajstić information content (AvgIpc) is 2.82. The summed E-state index contributed by atoms with van der Waals surface area (Å²) in [6.07, 6.45) is 7.39. The molecule has 3 rings (SSSR count). The maximum absolute atomic E-state index is 12.9. The number of aliphatic hydroxyl groups excluding tert-OH is 1. The van der Waals surface area contributed by atoms with Crippen molar-refractivity contribution >= 4 is 11.9 Å². The third-order valence-corrected chi connectivity index (χ3v) is 5.61. The molecule has 0 fully saturated rings. The number of ether oxygens (including phenoxy) is 1. The lowest BCUT2D eigenvalue weighted by molar-refractivity contribution is -0.114. The molecule has 0 aromatic heterocycles. The Kier molecular flexibility index (Phi) is 9.07. The summed E-state index contributed by atoms with van der Waals surface area (Å²) in [6, 6.07) is 14.1. The monoisotopic (exact) mass is 459 g/mol. The SMILES string of the molecule is CC1C/C=C/Cc2cccc(O)c2C(=O)OC(C/C=C/NC(=O)C#Cc2ccccc2)CC1O. The van der Waals surface area contributed by atoms with Crippen LogP contribution < -0.4 is 5.32 Å². The van der Waals surface area contributed by atoms with Gasteiger partial charge in [-0.1, -0.05) is 61.4 Å². The van der Waals surface area contributed by atoms with E-state index in [9.17, 15) is 19.8 Å². The average molecular weight is 460 g/mol. The van der Waals surface area contributed by atoms with E-state index in [4.69, 9.17) is 4.74 Å². The molecule has 0 saturated carbocycles. The molecule has 0 aliphatic carbocycles. The number of phenols is 1. The summed E-state index contributed by atoms with van der Waals surface area (Å²) in [7, 11) is 0. The zero-order valence-electron chi connectivity index (χ0n) is 19.1. The number of aromatic hydroxyl groups is 1. The molecule has 0 bridgehead atoms.